The molecular formula is C14H17N3O3. The molecule has 0 fully saturated rings. The number of methoxy groups -OCH3 is 1. The average molecular weight is 275 g/mol. The van der Waals surface area contributed by atoms with Crippen LogP contribution in [0.15, 0.2) is 35.1 Å². The number of pyridine rings is 1. The van der Waals surface area contributed by atoms with Gasteiger partial charge in [-0.05, 0) is 25.1 Å². The van der Waals surface area contributed by atoms with Crippen molar-refractivity contribution in [3.05, 3.63) is 42.0 Å². The van der Waals surface area contributed by atoms with E-state index in [-0.39, 0.29) is 0 Å². The van der Waals surface area contributed by atoms with E-state index in [4.69, 9.17) is 14.9 Å². The third kappa shape index (κ3) is 2.90. The van der Waals surface area contributed by atoms with Crippen molar-refractivity contribution in [1.29, 1.82) is 0 Å². The van der Waals surface area contributed by atoms with Crippen molar-refractivity contribution in [2.75, 3.05) is 24.3 Å². The van der Waals surface area contributed by atoms with Crippen molar-refractivity contribution in [3.63, 3.8) is 0 Å². The monoisotopic (exact) mass is 275 g/mol. The molecule has 0 aliphatic carbocycles. The fourth-order valence-electron chi connectivity index (χ4n) is 1.91. The molecule has 6 nitrogen and oxygen atoms in total. The normalized spacial score (nSPS) is 10.3. The Morgan fingerprint density at radius 2 is 2.35 bits per heavy atom. The van der Waals surface area contributed by atoms with Gasteiger partial charge >= 0.3 is 5.97 Å². The van der Waals surface area contributed by atoms with E-state index < -0.39 is 5.97 Å². The maximum absolute atomic E-state index is 11.8. The highest BCUT2D eigenvalue weighted by Crippen LogP contribution is 2.22. The number of nitrogen functional groups attached to an aromatic ring is 1. The summed E-state index contributed by atoms with van der Waals surface area (Å²) in [6.45, 7) is 3.16. The lowest BCUT2D eigenvalue weighted by atomic mass is 10.2. The predicted octanol–water partition coefficient (Wildman–Crippen LogP) is 2.07. The second kappa shape index (κ2) is 6.10. The number of carbonyl (C=O) groups is 1. The molecule has 0 saturated carbocycles. The number of carbonyl (C=O) groups excluding carboxylic acids is 1. The van der Waals surface area contributed by atoms with Crippen LogP contribution in [0.3, 0.4) is 0 Å². The van der Waals surface area contributed by atoms with Gasteiger partial charge in [-0.3, -0.25) is 0 Å². The molecule has 6 heteroatoms. The lowest BCUT2D eigenvalue weighted by molar-refractivity contribution is 0.0601. The molecule has 106 valence electrons. The Labute approximate surface area is 117 Å². The van der Waals surface area contributed by atoms with Gasteiger partial charge in [0.25, 0.3) is 0 Å². The topological polar surface area (TPSA) is 81.6 Å². The fourth-order valence-corrected chi connectivity index (χ4v) is 1.91. The summed E-state index contributed by atoms with van der Waals surface area (Å²) in [7, 11) is 1.33. The van der Waals surface area contributed by atoms with E-state index in [1.165, 1.54) is 13.3 Å². The van der Waals surface area contributed by atoms with Gasteiger partial charge in [-0.1, -0.05) is 0 Å². The number of rotatable bonds is 5. The minimum Gasteiger partial charge on any atom is -0.467 e. The molecular weight excluding hydrogens is 258 g/mol. The number of anilines is 2. The van der Waals surface area contributed by atoms with Crippen molar-refractivity contribution < 1.29 is 13.9 Å². The molecule has 2 aromatic rings. The van der Waals surface area contributed by atoms with E-state index in [9.17, 15) is 4.79 Å². The van der Waals surface area contributed by atoms with Crippen molar-refractivity contribution in [3.8, 4) is 0 Å². The highest BCUT2D eigenvalue weighted by Gasteiger charge is 2.19. The SMILES string of the molecule is CCN(Cc1ccco1)c1ncc(N)cc1C(=O)OC. The van der Waals surface area contributed by atoms with Crippen LogP contribution in [0.5, 0.6) is 0 Å². The van der Waals surface area contributed by atoms with Crippen LogP contribution in [0.4, 0.5) is 11.5 Å². The molecule has 2 heterocycles. The molecule has 0 aliphatic heterocycles. The quantitative estimate of drug-likeness (QED) is 0.841. The van der Waals surface area contributed by atoms with Gasteiger partial charge in [0.15, 0.2) is 0 Å². The van der Waals surface area contributed by atoms with Crippen molar-refractivity contribution >= 4 is 17.5 Å². The van der Waals surface area contributed by atoms with Gasteiger partial charge in [0.2, 0.25) is 0 Å². The second-order valence-electron chi connectivity index (χ2n) is 4.22. The summed E-state index contributed by atoms with van der Waals surface area (Å²) >= 11 is 0. The predicted molar refractivity (Wildman–Crippen MR) is 75.4 cm³/mol. The van der Waals surface area contributed by atoms with E-state index in [0.29, 0.717) is 30.2 Å². The average Bonchev–Trinajstić information content (AvgIpc) is 2.97. The minimum atomic E-state index is -0.460. The van der Waals surface area contributed by atoms with Gasteiger partial charge < -0.3 is 19.8 Å². The summed E-state index contributed by atoms with van der Waals surface area (Å²) in [6.07, 6.45) is 3.13. The number of esters is 1. The molecule has 0 bridgehead atoms. The standard InChI is InChI=1S/C14H17N3O3/c1-3-17(9-11-5-4-6-20-11)13-12(14(18)19-2)7-10(15)8-16-13/h4-8H,3,9,15H2,1-2H3. The first kappa shape index (κ1) is 13.9. The van der Waals surface area contributed by atoms with Gasteiger partial charge in [-0.2, -0.15) is 0 Å². The lowest BCUT2D eigenvalue weighted by Gasteiger charge is -2.22. The largest absolute Gasteiger partial charge is 0.467 e. The molecule has 0 radical (unpaired) electrons. The Bertz CT molecular complexity index is 581. The van der Waals surface area contributed by atoms with Crippen molar-refractivity contribution in [2.24, 2.45) is 0 Å². The number of nitrogens with two attached hydrogens (primary N) is 1. The Kier molecular flexibility index (Phi) is 4.24. The second-order valence-corrected chi connectivity index (χ2v) is 4.22. The lowest BCUT2D eigenvalue weighted by Crippen LogP contribution is -2.25. The molecule has 2 rings (SSSR count). The van der Waals surface area contributed by atoms with Crippen LogP contribution < -0.4 is 10.6 Å². The van der Waals surface area contributed by atoms with Gasteiger partial charge in [-0.25, -0.2) is 9.78 Å². The summed E-state index contributed by atoms with van der Waals surface area (Å²) < 4.78 is 10.1. The summed E-state index contributed by atoms with van der Waals surface area (Å²) in [5, 5.41) is 0. The van der Waals surface area contributed by atoms with Crippen molar-refractivity contribution in [1.82, 2.24) is 4.98 Å². The summed E-state index contributed by atoms with van der Waals surface area (Å²) in [5.74, 6) is 0.865. The number of aromatic nitrogens is 1. The number of furan rings is 1. The summed E-state index contributed by atoms with van der Waals surface area (Å²) in [4.78, 5) is 18.0. The Hall–Kier alpha value is -2.50. The summed E-state index contributed by atoms with van der Waals surface area (Å²) in [5.41, 5.74) is 6.46. The minimum absolute atomic E-state index is 0.348. The molecule has 0 saturated heterocycles. The number of ether oxygens (including phenoxy) is 1. The van der Waals surface area contributed by atoms with Crippen LogP contribution in [-0.4, -0.2) is 24.6 Å². The van der Waals surface area contributed by atoms with E-state index in [1.54, 1.807) is 12.3 Å². The highest BCUT2D eigenvalue weighted by atomic mass is 16.5. The molecule has 0 atom stereocenters. The van der Waals surface area contributed by atoms with E-state index in [0.717, 1.165) is 5.76 Å². The van der Waals surface area contributed by atoms with Gasteiger partial charge in [0.05, 0.1) is 31.8 Å². The highest BCUT2D eigenvalue weighted by molar-refractivity contribution is 5.95. The zero-order valence-corrected chi connectivity index (χ0v) is 11.5. The molecule has 2 aromatic heterocycles. The van der Waals surface area contributed by atoms with E-state index in [1.807, 2.05) is 24.0 Å². The van der Waals surface area contributed by atoms with Gasteiger partial charge in [-0.15, -0.1) is 0 Å². The van der Waals surface area contributed by atoms with Crippen LogP contribution in [-0.2, 0) is 11.3 Å². The number of hydrogen-bond acceptors (Lipinski definition) is 6. The van der Waals surface area contributed by atoms with E-state index in [2.05, 4.69) is 4.98 Å². The molecule has 2 N–H and O–H groups in total. The fraction of sp³-hybridized carbons (Fsp3) is 0.286. The maximum atomic E-state index is 11.8. The number of nitrogens with zero attached hydrogens (tertiary/aromatic N) is 2. The zero-order valence-electron chi connectivity index (χ0n) is 11.5. The maximum Gasteiger partial charge on any atom is 0.341 e. The van der Waals surface area contributed by atoms with Crippen LogP contribution in [0.1, 0.15) is 23.0 Å². The van der Waals surface area contributed by atoms with Crippen LogP contribution in [0.25, 0.3) is 0 Å². The van der Waals surface area contributed by atoms with E-state index >= 15 is 0 Å². The Morgan fingerprint density at radius 3 is 2.95 bits per heavy atom. The van der Waals surface area contributed by atoms with Crippen LogP contribution in [0, 0.1) is 0 Å². The molecule has 0 spiro atoms. The molecule has 0 aliphatic rings. The van der Waals surface area contributed by atoms with Gasteiger partial charge in [0.1, 0.15) is 17.1 Å². The first-order valence-electron chi connectivity index (χ1n) is 6.26. The Balaban J connectivity index is 2.35. The van der Waals surface area contributed by atoms with Crippen LogP contribution >= 0.6 is 0 Å². The molecule has 0 unspecified atom stereocenters. The third-order valence-electron chi connectivity index (χ3n) is 2.90. The number of hydrogen-bond donors (Lipinski definition) is 1. The first-order chi connectivity index (χ1) is 9.65. The van der Waals surface area contributed by atoms with Crippen molar-refractivity contribution in [2.45, 2.75) is 13.5 Å². The smallest absolute Gasteiger partial charge is 0.341 e. The van der Waals surface area contributed by atoms with Crippen LogP contribution in [0.2, 0.25) is 0 Å². The zero-order chi connectivity index (χ0) is 14.5. The molecule has 0 aromatic carbocycles. The van der Waals surface area contributed by atoms with Gasteiger partial charge in [0, 0.05) is 6.54 Å². The molecule has 20 heavy (non-hydrogen) atoms. The first-order valence-corrected chi connectivity index (χ1v) is 6.26. The third-order valence-corrected chi connectivity index (χ3v) is 2.90. The Morgan fingerprint density at radius 1 is 1.55 bits per heavy atom. The molecule has 0 amide bonds. The summed E-state index contributed by atoms with van der Waals surface area (Å²) in [6, 6.07) is 5.26.